The molecule has 3 aliphatic rings. The van der Waals surface area contributed by atoms with Crippen LogP contribution in [0.1, 0.15) is 105 Å². The summed E-state index contributed by atoms with van der Waals surface area (Å²) < 4.78 is 44.7. The number of rotatable bonds is 10. The van der Waals surface area contributed by atoms with E-state index in [1.807, 2.05) is 46.7 Å². The zero-order valence-electron chi connectivity index (χ0n) is 39.0. The highest BCUT2D eigenvalue weighted by molar-refractivity contribution is 6.30. The predicted molar refractivity (Wildman–Crippen MR) is 232 cm³/mol. The molecule has 0 radical (unpaired) electrons. The zero-order valence-corrected chi connectivity index (χ0v) is 39.8. The summed E-state index contributed by atoms with van der Waals surface area (Å²) in [5, 5.41) is 52.1. The first-order chi connectivity index (χ1) is 28.8. The summed E-state index contributed by atoms with van der Waals surface area (Å²) >= 11 is 6.08. The van der Waals surface area contributed by atoms with E-state index in [1.54, 1.807) is 58.9 Å². The summed E-state index contributed by atoms with van der Waals surface area (Å²) in [6.07, 6.45) is -9.04. The average Bonchev–Trinajstić information content (AvgIpc) is 3.22. The Morgan fingerprint density at radius 2 is 1.53 bits per heavy atom. The maximum atomic E-state index is 14.5. The molecular weight excluding hydrogens is 826 g/mol. The van der Waals surface area contributed by atoms with Crippen LogP contribution in [-0.4, -0.2) is 155 Å². The molecule has 0 saturated carbocycles. The van der Waals surface area contributed by atoms with Crippen molar-refractivity contribution in [3.05, 3.63) is 34.9 Å². The van der Waals surface area contributed by atoms with Crippen LogP contribution in [0.3, 0.4) is 0 Å². The van der Waals surface area contributed by atoms with Gasteiger partial charge in [-0.05, 0) is 105 Å². The third-order valence-corrected chi connectivity index (χ3v) is 14.0. The Kier molecular flexibility index (Phi) is 18.0. The summed E-state index contributed by atoms with van der Waals surface area (Å²) in [5.41, 5.74) is -1.11. The lowest BCUT2D eigenvalue weighted by Gasteiger charge is -2.50. The minimum Gasteiger partial charge on any atom is -0.459 e. The van der Waals surface area contributed by atoms with Crippen LogP contribution in [0.4, 0.5) is 0 Å². The van der Waals surface area contributed by atoms with Gasteiger partial charge in [0.05, 0.1) is 47.6 Å². The summed E-state index contributed by atoms with van der Waals surface area (Å²) in [6, 6.07) is 5.97. The zero-order chi connectivity index (χ0) is 46.6. The molecule has 1 amide bonds. The van der Waals surface area contributed by atoms with Crippen molar-refractivity contribution in [1.29, 1.82) is 0 Å². The maximum Gasteiger partial charge on any atom is 0.311 e. The van der Waals surface area contributed by atoms with Crippen LogP contribution < -0.4 is 5.43 Å². The number of hydrogen-bond donors (Lipinski definition) is 5. The van der Waals surface area contributed by atoms with Gasteiger partial charge in [0, 0.05) is 54.8 Å². The van der Waals surface area contributed by atoms with Gasteiger partial charge < -0.3 is 58.5 Å². The minimum atomic E-state index is -2.00. The number of nitrogens with one attached hydrogen (secondary N) is 1. The second-order valence-corrected chi connectivity index (χ2v) is 19.2. The van der Waals surface area contributed by atoms with Crippen LogP contribution in [0.25, 0.3) is 0 Å². The molecule has 18 atom stereocenters. The molecule has 3 fully saturated rings. The van der Waals surface area contributed by atoms with Crippen LogP contribution in [0.5, 0.6) is 0 Å². The first kappa shape index (κ1) is 52.3. The number of cyclic esters (lactones) is 1. The van der Waals surface area contributed by atoms with E-state index in [2.05, 4.69) is 10.5 Å². The smallest absolute Gasteiger partial charge is 0.311 e. The number of likely N-dealkylation sites (N-methyl/N-ethyl adjacent to an activating group) is 1. The highest BCUT2D eigenvalue weighted by Crippen LogP contribution is 2.42. The normalized spacial score (nSPS) is 43.5. The SMILES string of the molecule is CC[C@H]1OC(=O)[C@H](C)[C@@H](OC2C[C@@](C)(OC)[C@@H](O)[C@H](C)O2)[C@H](C)[C@@H](OC2OC(C)CC(N(C)C)C2O)[C@](C)(OC)C[C@@H](C)/C(=N\NC(=O)c2ccc(Cl)cc2)[C@H](C)[C@@H](O)[C@]1(C)O. The number of amides is 1. The van der Waals surface area contributed by atoms with Crippen molar-refractivity contribution in [2.75, 3.05) is 28.3 Å². The van der Waals surface area contributed by atoms with Gasteiger partial charge in [0.1, 0.15) is 23.9 Å². The van der Waals surface area contributed by atoms with Gasteiger partial charge in [-0.3, -0.25) is 9.59 Å². The fourth-order valence-electron chi connectivity index (χ4n) is 9.59. The van der Waals surface area contributed by atoms with Crippen LogP contribution >= 0.6 is 11.6 Å². The van der Waals surface area contributed by atoms with Crippen molar-refractivity contribution in [3.8, 4) is 0 Å². The maximum absolute atomic E-state index is 14.5. The van der Waals surface area contributed by atoms with Gasteiger partial charge in [0.15, 0.2) is 12.6 Å². The number of methoxy groups -OCH3 is 2. The average molecular weight is 901 g/mol. The lowest BCUT2D eigenvalue weighted by Crippen LogP contribution is -2.61. The summed E-state index contributed by atoms with van der Waals surface area (Å²) in [4.78, 5) is 29.8. The number of hydrazone groups is 1. The third kappa shape index (κ3) is 11.5. The molecular formula is C45H74ClN3O13. The molecule has 354 valence electrons. The monoisotopic (exact) mass is 899 g/mol. The quantitative estimate of drug-likeness (QED) is 0.164. The Morgan fingerprint density at radius 3 is 2.10 bits per heavy atom. The van der Waals surface area contributed by atoms with Crippen molar-refractivity contribution in [2.24, 2.45) is 28.8 Å². The van der Waals surface area contributed by atoms with E-state index in [1.165, 1.54) is 21.1 Å². The second kappa shape index (κ2) is 21.3. The van der Waals surface area contributed by atoms with Gasteiger partial charge in [-0.1, -0.05) is 39.3 Å². The van der Waals surface area contributed by atoms with E-state index < -0.39 is 108 Å². The standard InChI is InChI=1S/C45H74ClN3O13/c1-15-32-45(10,55)37(51)25(4)34(47-48-40(53)29-16-18-30(46)19-17-29)23(2)21-44(9,57-14)39(62-42-35(50)31(49(11)12)20-24(3)58-42)26(5)36(27(6)41(54)60-32)61-33-22-43(8,56-13)38(52)28(7)59-33/h16-19,23-28,31-33,35-39,42,50-52,55H,15,20-22H2,1-14H3,(H,48,53)/b47-34+/t23-,24?,25+,26+,27-,28+,31?,32-,33?,35?,36+,37-,38+,39-,42?,43-,44-,45-/m1/s1. The van der Waals surface area contributed by atoms with Gasteiger partial charge in [-0.2, -0.15) is 5.10 Å². The minimum absolute atomic E-state index is 0.106. The number of carbonyl (C=O) groups excluding carboxylic acids is 2. The van der Waals surface area contributed by atoms with Crippen LogP contribution in [0, 0.1) is 23.7 Å². The van der Waals surface area contributed by atoms with Gasteiger partial charge in [0.2, 0.25) is 0 Å². The molecule has 5 N–H and O–H groups in total. The summed E-state index contributed by atoms with van der Waals surface area (Å²) in [5.74, 6) is -4.54. The predicted octanol–water partition coefficient (Wildman–Crippen LogP) is 4.31. The number of benzene rings is 1. The van der Waals surface area contributed by atoms with Gasteiger partial charge >= 0.3 is 5.97 Å². The van der Waals surface area contributed by atoms with Crippen molar-refractivity contribution in [3.63, 3.8) is 0 Å². The Bertz CT molecular complexity index is 1670. The summed E-state index contributed by atoms with van der Waals surface area (Å²) in [7, 11) is 6.79. The first-order valence-electron chi connectivity index (χ1n) is 21.8. The van der Waals surface area contributed by atoms with Gasteiger partial charge in [0.25, 0.3) is 5.91 Å². The fourth-order valence-corrected chi connectivity index (χ4v) is 9.71. The molecule has 16 nitrogen and oxygen atoms in total. The van der Waals surface area contributed by atoms with E-state index in [9.17, 15) is 30.0 Å². The Hall–Kier alpha value is -2.32. The van der Waals surface area contributed by atoms with Crippen LogP contribution in [0.2, 0.25) is 5.02 Å². The van der Waals surface area contributed by atoms with Gasteiger partial charge in [-0.25, -0.2) is 5.43 Å². The number of esters is 1. The molecule has 0 spiro atoms. The molecule has 3 aliphatic heterocycles. The van der Waals surface area contributed by atoms with Crippen molar-refractivity contribution < 1.29 is 63.2 Å². The van der Waals surface area contributed by atoms with E-state index >= 15 is 0 Å². The summed E-state index contributed by atoms with van der Waals surface area (Å²) in [6.45, 7) is 17.4. The molecule has 1 aromatic carbocycles. The molecule has 0 aliphatic carbocycles. The molecule has 17 heteroatoms. The fraction of sp³-hybridized carbons (Fsp3) is 0.800. The van der Waals surface area contributed by atoms with Crippen LogP contribution in [0.15, 0.2) is 29.4 Å². The number of aliphatic hydroxyl groups excluding tert-OH is 3. The number of carbonyl (C=O) groups is 2. The highest BCUT2D eigenvalue weighted by atomic mass is 35.5. The first-order valence-corrected chi connectivity index (χ1v) is 22.2. The van der Waals surface area contributed by atoms with Crippen LogP contribution in [-0.2, 0) is 38.0 Å². The molecule has 3 saturated heterocycles. The lowest BCUT2D eigenvalue weighted by molar-refractivity contribution is -0.319. The molecule has 62 heavy (non-hydrogen) atoms. The van der Waals surface area contributed by atoms with E-state index in [4.69, 9.17) is 44.8 Å². The molecule has 5 unspecified atom stereocenters. The van der Waals surface area contributed by atoms with E-state index in [0.717, 1.165) is 0 Å². The van der Waals surface area contributed by atoms with Crippen molar-refractivity contribution in [2.45, 2.75) is 179 Å². The number of halogens is 1. The third-order valence-electron chi connectivity index (χ3n) is 13.7. The molecule has 1 aromatic rings. The lowest BCUT2D eigenvalue weighted by atomic mass is 9.73. The van der Waals surface area contributed by atoms with E-state index in [-0.39, 0.29) is 31.4 Å². The topological polar surface area (TPSA) is 207 Å². The molecule has 3 heterocycles. The molecule has 0 bridgehead atoms. The van der Waals surface area contributed by atoms with Crippen molar-refractivity contribution in [1.82, 2.24) is 10.3 Å². The number of ether oxygens (including phenoxy) is 7. The Balaban J connectivity index is 1.92. The Labute approximate surface area is 372 Å². The Morgan fingerprint density at radius 1 is 0.919 bits per heavy atom. The number of hydrogen-bond acceptors (Lipinski definition) is 15. The molecule has 0 aromatic heterocycles. The highest BCUT2D eigenvalue weighted by Gasteiger charge is 2.54. The molecule has 4 rings (SSSR count). The number of nitrogens with zero attached hydrogens (tertiary/aromatic N) is 2. The largest absolute Gasteiger partial charge is 0.459 e. The van der Waals surface area contributed by atoms with Gasteiger partial charge in [-0.15, -0.1) is 0 Å². The number of aliphatic hydroxyl groups is 4. The van der Waals surface area contributed by atoms with Crippen molar-refractivity contribution >= 4 is 29.2 Å². The van der Waals surface area contributed by atoms with E-state index in [0.29, 0.717) is 22.7 Å². The second-order valence-electron chi connectivity index (χ2n) is 18.7.